The summed E-state index contributed by atoms with van der Waals surface area (Å²) in [5.74, 6) is 0.963. The molecular formula is C16H31N3O. The van der Waals surface area contributed by atoms with Gasteiger partial charge in [0, 0.05) is 31.7 Å². The van der Waals surface area contributed by atoms with Crippen LogP contribution in [-0.4, -0.2) is 38.3 Å². The fraction of sp³-hybridized carbons (Fsp3) is 0.938. The summed E-state index contributed by atoms with van der Waals surface area (Å²) in [5.41, 5.74) is 0.373. The minimum Gasteiger partial charge on any atom is -0.378 e. The maximum Gasteiger partial charge on any atom is 0.191 e. The molecule has 2 atom stereocenters. The molecule has 2 saturated carbocycles. The Labute approximate surface area is 123 Å². The third-order valence-electron chi connectivity index (χ3n) is 5.04. The molecule has 0 aromatic carbocycles. The van der Waals surface area contributed by atoms with Crippen molar-refractivity contribution in [2.24, 2.45) is 10.4 Å². The van der Waals surface area contributed by atoms with Gasteiger partial charge in [-0.15, -0.1) is 0 Å². The molecule has 0 aromatic heterocycles. The molecule has 2 rings (SSSR count). The highest BCUT2D eigenvalue weighted by molar-refractivity contribution is 5.80. The Balaban J connectivity index is 1.88. The molecule has 4 nitrogen and oxygen atoms in total. The van der Waals surface area contributed by atoms with Crippen molar-refractivity contribution in [1.82, 2.24) is 10.6 Å². The van der Waals surface area contributed by atoms with E-state index in [9.17, 15) is 0 Å². The van der Waals surface area contributed by atoms with Crippen LogP contribution in [0.3, 0.4) is 0 Å². The number of ether oxygens (including phenoxy) is 1. The Hall–Kier alpha value is -0.770. The lowest BCUT2D eigenvalue weighted by atomic mass is 9.60. The van der Waals surface area contributed by atoms with Gasteiger partial charge in [-0.25, -0.2) is 0 Å². The number of rotatable bonds is 6. The van der Waals surface area contributed by atoms with Crippen LogP contribution in [0.25, 0.3) is 0 Å². The standard InChI is InChI=1S/C16H31N3O/c1-4-6-11-18-15(17-3)19-13-12-14(20-5-2)16(13)9-7-8-10-16/h13-14H,4-12H2,1-3H3,(H2,17,18,19). The molecule has 0 heterocycles. The van der Waals surface area contributed by atoms with E-state index in [-0.39, 0.29) is 0 Å². The number of hydrogen-bond donors (Lipinski definition) is 2. The number of nitrogens with one attached hydrogen (secondary N) is 2. The summed E-state index contributed by atoms with van der Waals surface area (Å²) < 4.78 is 5.96. The Kier molecular flexibility index (Phi) is 5.70. The van der Waals surface area contributed by atoms with Crippen LogP contribution in [0.4, 0.5) is 0 Å². The second-order valence-corrected chi connectivity index (χ2v) is 6.17. The molecular weight excluding hydrogens is 250 g/mol. The van der Waals surface area contributed by atoms with Crippen molar-refractivity contribution < 1.29 is 4.74 Å². The fourth-order valence-electron chi connectivity index (χ4n) is 3.83. The SMILES string of the molecule is CCCCNC(=NC)NC1CC(OCC)C12CCCC2. The first-order valence-corrected chi connectivity index (χ1v) is 8.35. The van der Waals surface area contributed by atoms with E-state index in [0.29, 0.717) is 17.6 Å². The van der Waals surface area contributed by atoms with Gasteiger partial charge >= 0.3 is 0 Å². The van der Waals surface area contributed by atoms with Crippen LogP contribution in [0.2, 0.25) is 0 Å². The zero-order valence-electron chi connectivity index (χ0n) is 13.4. The van der Waals surface area contributed by atoms with Gasteiger partial charge in [-0.1, -0.05) is 26.2 Å². The van der Waals surface area contributed by atoms with E-state index in [0.717, 1.165) is 25.5 Å². The Bertz CT molecular complexity index is 324. The van der Waals surface area contributed by atoms with E-state index >= 15 is 0 Å². The summed E-state index contributed by atoms with van der Waals surface area (Å²) in [7, 11) is 1.86. The second kappa shape index (κ2) is 7.30. The van der Waals surface area contributed by atoms with Gasteiger partial charge in [0.25, 0.3) is 0 Å². The molecule has 0 amide bonds. The molecule has 0 aromatic rings. The van der Waals surface area contributed by atoms with Crippen molar-refractivity contribution in [2.45, 2.75) is 70.9 Å². The summed E-state index contributed by atoms with van der Waals surface area (Å²) in [5, 5.41) is 7.06. The molecule has 1 spiro atoms. The quantitative estimate of drug-likeness (QED) is 0.447. The smallest absolute Gasteiger partial charge is 0.191 e. The van der Waals surface area contributed by atoms with Crippen LogP contribution >= 0.6 is 0 Å². The van der Waals surface area contributed by atoms with E-state index in [1.807, 2.05) is 7.05 Å². The zero-order valence-corrected chi connectivity index (χ0v) is 13.4. The number of aliphatic imine (C=N–C) groups is 1. The summed E-state index contributed by atoms with van der Waals surface area (Å²) in [6, 6.07) is 0.536. The van der Waals surface area contributed by atoms with Crippen molar-refractivity contribution in [3.05, 3.63) is 0 Å². The fourth-order valence-corrected chi connectivity index (χ4v) is 3.83. The Morgan fingerprint density at radius 1 is 1.30 bits per heavy atom. The second-order valence-electron chi connectivity index (χ2n) is 6.17. The highest BCUT2D eigenvalue weighted by atomic mass is 16.5. The third kappa shape index (κ3) is 3.11. The molecule has 2 unspecified atom stereocenters. The largest absolute Gasteiger partial charge is 0.378 e. The van der Waals surface area contributed by atoms with Crippen LogP contribution in [0.5, 0.6) is 0 Å². The maximum absolute atomic E-state index is 5.96. The lowest BCUT2D eigenvalue weighted by Gasteiger charge is -2.54. The first-order chi connectivity index (χ1) is 9.76. The van der Waals surface area contributed by atoms with Gasteiger partial charge in [0.15, 0.2) is 5.96 Å². The van der Waals surface area contributed by atoms with Crippen molar-refractivity contribution in [1.29, 1.82) is 0 Å². The lowest BCUT2D eigenvalue weighted by molar-refractivity contribution is -0.125. The molecule has 4 heteroatoms. The number of guanidine groups is 1. The Morgan fingerprint density at radius 2 is 2.05 bits per heavy atom. The van der Waals surface area contributed by atoms with Gasteiger partial charge in [-0.3, -0.25) is 4.99 Å². The highest BCUT2D eigenvalue weighted by Gasteiger charge is 2.56. The Morgan fingerprint density at radius 3 is 2.65 bits per heavy atom. The van der Waals surface area contributed by atoms with Gasteiger partial charge < -0.3 is 15.4 Å². The number of nitrogens with zero attached hydrogens (tertiary/aromatic N) is 1. The molecule has 116 valence electrons. The topological polar surface area (TPSA) is 45.7 Å². The molecule has 0 saturated heterocycles. The molecule has 2 aliphatic carbocycles. The average Bonchev–Trinajstić information content (AvgIpc) is 2.97. The lowest BCUT2D eigenvalue weighted by Crippen LogP contribution is -2.65. The van der Waals surface area contributed by atoms with Crippen LogP contribution in [0.15, 0.2) is 4.99 Å². The molecule has 0 aliphatic heterocycles. The minimum atomic E-state index is 0.373. The van der Waals surface area contributed by atoms with Crippen molar-refractivity contribution in [2.75, 3.05) is 20.2 Å². The first-order valence-electron chi connectivity index (χ1n) is 8.35. The predicted molar refractivity (Wildman–Crippen MR) is 84.1 cm³/mol. The normalized spacial score (nSPS) is 28.4. The third-order valence-corrected chi connectivity index (χ3v) is 5.04. The van der Waals surface area contributed by atoms with Crippen molar-refractivity contribution in [3.8, 4) is 0 Å². The van der Waals surface area contributed by atoms with Gasteiger partial charge in [-0.05, 0) is 32.6 Å². The van der Waals surface area contributed by atoms with Crippen molar-refractivity contribution >= 4 is 5.96 Å². The molecule has 2 fully saturated rings. The molecule has 0 radical (unpaired) electrons. The van der Waals surface area contributed by atoms with Gasteiger partial charge in [0.2, 0.25) is 0 Å². The summed E-state index contributed by atoms with van der Waals surface area (Å²) in [6.45, 7) is 6.16. The maximum atomic E-state index is 5.96. The molecule has 0 bridgehead atoms. The summed E-state index contributed by atoms with van der Waals surface area (Å²) in [4.78, 5) is 4.36. The zero-order chi connectivity index (χ0) is 14.4. The van der Waals surface area contributed by atoms with E-state index in [2.05, 4.69) is 29.5 Å². The van der Waals surface area contributed by atoms with Gasteiger partial charge in [0.05, 0.1) is 6.10 Å². The monoisotopic (exact) mass is 281 g/mol. The van der Waals surface area contributed by atoms with E-state index in [1.165, 1.54) is 38.5 Å². The van der Waals surface area contributed by atoms with Crippen LogP contribution in [0, 0.1) is 5.41 Å². The summed E-state index contributed by atoms with van der Waals surface area (Å²) >= 11 is 0. The average molecular weight is 281 g/mol. The van der Waals surface area contributed by atoms with E-state index in [4.69, 9.17) is 4.74 Å². The molecule has 2 aliphatic rings. The van der Waals surface area contributed by atoms with Crippen LogP contribution < -0.4 is 10.6 Å². The van der Waals surface area contributed by atoms with Crippen LogP contribution in [-0.2, 0) is 4.74 Å². The first kappa shape index (κ1) is 15.6. The van der Waals surface area contributed by atoms with Gasteiger partial charge in [0.1, 0.15) is 0 Å². The van der Waals surface area contributed by atoms with E-state index in [1.54, 1.807) is 0 Å². The molecule has 2 N–H and O–H groups in total. The minimum absolute atomic E-state index is 0.373. The summed E-state index contributed by atoms with van der Waals surface area (Å²) in [6.07, 6.45) is 9.31. The van der Waals surface area contributed by atoms with Gasteiger partial charge in [-0.2, -0.15) is 0 Å². The number of unbranched alkanes of at least 4 members (excludes halogenated alkanes) is 1. The number of hydrogen-bond acceptors (Lipinski definition) is 2. The van der Waals surface area contributed by atoms with Crippen LogP contribution in [0.1, 0.15) is 58.8 Å². The van der Waals surface area contributed by atoms with Crippen molar-refractivity contribution in [3.63, 3.8) is 0 Å². The van der Waals surface area contributed by atoms with E-state index < -0.39 is 0 Å². The molecule has 20 heavy (non-hydrogen) atoms. The highest BCUT2D eigenvalue weighted by Crippen LogP contribution is 2.54. The predicted octanol–water partition coefficient (Wildman–Crippen LogP) is 2.69.